The summed E-state index contributed by atoms with van der Waals surface area (Å²) in [5.74, 6) is 0.780. The molecule has 9 heteroatoms. The minimum absolute atomic E-state index is 0.255. The summed E-state index contributed by atoms with van der Waals surface area (Å²) in [6.45, 7) is 0.643. The van der Waals surface area contributed by atoms with Crippen LogP contribution in [-0.4, -0.2) is 26.6 Å². The van der Waals surface area contributed by atoms with Gasteiger partial charge in [0.15, 0.2) is 6.17 Å². The van der Waals surface area contributed by atoms with Crippen molar-refractivity contribution >= 4 is 17.3 Å². The minimum Gasteiger partial charge on any atom is -0.447 e. The van der Waals surface area contributed by atoms with Gasteiger partial charge in [-0.3, -0.25) is 4.79 Å². The fraction of sp³-hybridized carbons (Fsp3) is 0.143. The van der Waals surface area contributed by atoms with Crippen LogP contribution in [0.5, 0.6) is 0 Å². The number of primary amides is 1. The fourth-order valence-corrected chi connectivity index (χ4v) is 3.52. The molecule has 2 aliphatic rings. The number of allylic oxidation sites excluding steroid dienone is 1. The maximum atomic E-state index is 11.7. The molecule has 0 saturated carbocycles. The number of nitrogens with one attached hydrogen (secondary N) is 2. The molecule has 0 spiro atoms. The maximum Gasteiger partial charge on any atom is 0.267 e. The summed E-state index contributed by atoms with van der Waals surface area (Å²) < 4.78 is 7.10. The number of aromatic nitrogens is 3. The van der Waals surface area contributed by atoms with E-state index in [-0.39, 0.29) is 5.69 Å². The lowest BCUT2D eigenvalue weighted by Crippen LogP contribution is -2.37. The monoisotopic (exact) mass is 401 g/mol. The zero-order valence-electron chi connectivity index (χ0n) is 15.9. The van der Waals surface area contributed by atoms with Crippen molar-refractivity contribution in [3.8, 4) is 0 Å². The van der Waals surface area contributed by atoms with E-state index in [4.69, 9.17) is 10.5 Å². The van der Waals surface area contributed by atoms with Crippen LogP contribution in [0, 0.1) is 0 Å². The van der Waals surface area contributed by atoms with Gasteiger partial charge in [0.05, 0.1) is 17.4 Å². The second kappa shape index (κ2) is 7.36. The molecule has 1 amide bonds. The number of carbonyl (C=O) groups is 1. The molecule has 30 heavy (non-hydrogen) atoms. The molecule has 3 aromatic rings. The predicted molar refractivity (Wildman–Crippen MR) is 110 cm³/mol. The van der Waals surface area contributed by atoms with Gasteiger partial charge in [0, 0.05) is 13.0 Å². The third kappa shape index (κ3) is 3.16. The summed E-state index contributed by atoms with van der Waals surface area (Å²) in [6.07, 6.45) is 3.74. The number of carbonyl (C=O) groups excluding carboxylic acids is 1. The van der Waals surface area contributed by atoms with Gasteiger partial charge < -0.3 is 21.1 Å². The Hall–Kier alpha value is -4.14. The quantitative estimate of drug-likeness (QED) is 0.599. The van der Waals surface area contributed by atoms with Gasteiger partial charge in [0.1, 0.15) is 17.2 Å². The van der Waals surface area contributed by atoms with Crippen LogP contribution in [0.2, 0.25) is 0 Å². The Morgan fingerprint density at radius 1 is 1.23 bits per heavy atom. The Balaban J connectivity index is 1.49. The van der Waals surface area contributed by atoms with E-state index < -0.39 is 12.1 Å². The lowest BCUT2D eigenvalue weighted by atomic mass is 10.1. The maximum absolute atomic E-state index is 11.7. The normalized spacial score (nSPS) is 17.7. The van der Waals surface area contributed by atoms with E-state index >= 15 is 0 Å². The van der Waals surface area contributed by atoms with Gasteiger partial charge in [-0.1, -0.05) is 41.6 Å². The third-order valence-corrected chi connectivity index (χ3v) is 4.98. The van der Waals surface area contributed by atoms with E-state index in [1.165, 1.54) is 4.52 Å². The van der Waals surface area contributed by atoms with Crippen LogP contribution in [0.3, 0.4) is 0 Å². The summed E-state index contributed by atoms with van der Waals surface area (Å²) in [5.41, 5.74) is 9.02. The molecule has 2 aromatic heterocycles. The molecule has 0 fully saturated rings. The molecule has 5 rings (SSSR count). The molecule has 4 N–H and O–H groups in total. The van der Waals surface area contributed by atoms with Gasteiger partial charge in [-0.05, 0) is 23.8 Å². The molecular weight excluding hydrogens is 382 g/mol. The number of aliphatic imine (C=N–C) groups is 1. The average Bonchev–Trinajstić information content (AvgIpc) is 3.22. The number of benzene rings is 1. The highest BCUT2D eigenvalue weighted by Gasteiger charge is 2.29. The third-order valence-electron chi connectivity index (χ3n) is 4.98. The lowest BCUT2D eigenvalue weighted by Gasteiger charge is -2.28. The molecular formula is C21H19N7O2. The van der Waals surface area contributed by atoms with Gasteiger partial charge in [0.2, 0.25) is 5.90 Å². The van der Waals surface area contributed by atoms with Gasteiger partial charge in [-0.25, -0.2) is 9.51 Å². The van der Waals surface area contributed by atoms with E-state index in [1.807, 2.05) is 30.3 Å². The Kier molecular flexibility index (Phi) is 4.40. The smallest absolute Gasteiger partial charge is 0.267 e. The first-order chi connectivity index (χ1) is 14.7. The summed E-state index contributed by atoms with van der Waals surface area (Å²) in [7, 11) is 0. The van der Waals surface area contributed by atoms with Crippen LogP contribution in [0.4, 0.5) is 0 Å². The molecule has 9 nitrogen and oxygen atoms in total. The molecule has 2 aliphatic heterocycles. The summed E-state index contributed by atoms with van der Waals surface area (Å²) in [6, 6.07) is 15.3. The van der Waals surface area contributed by atoms with Gasteiger partial charge in [-0.2, -0.15) is 0 Å². The molecule has 4 heterocycles. The molecule has 1 atom stereocenters. The average molecular weight is 401 g/mol. The Morgan fingerprint density at radius 3 is 2.93 bits per heavy atom. The van der Waals surface area contributed by atoms with Gasteiger partial charge in [-0.15, -0.1) is 5.10 Å². The van der Waals surface area contributed by atoms with Gasteiger partial charge >= 0.3 is 0 Å². The van der Waals surface area contributed by atoms with E-state index in [2.05, 4.69) is 38.1 Å². The van der Waals surface area contributed by atoms with E-state index in [9.17, 15) is 4.79 Å². The number of fused-ring (bicyclic) bond motifs is 2. The fourth-order valence-electron chi connectivity index (χ4n) is 3.52. The Bertz CT molecular complexity index is 1210. The van der Waals surface area contributed by atoms with Crippen molar-refractivity contribution in [3.63, 3.8) is 0 Å². The number of hydrogen-bond acceptors (Lipinski definition) is 7. The number of nitrogens with two attached hydrogens (primary N) is 1. The molecule has 1 unspecified atom stereocenters. The topological polar surface area (TPSA) is 119 Å². The van der Waals surface area contributed by atoms with E-state index in [1.54, 1.807) is 18.4 Å². The zero-order chi connectivity index (χ0) is 20.5. The van der Waals surface area contributed by atoms with E-state index in [0.29, 0.717) is 30.1 Å². The highest BCUT2D eigenvalue weighted by Crippen LogP contribution is 2.28. The van der Waals surface area contributed by atoms with Crippen molar-refractivity contribution in [2.75, 3.05) is 0 Å². The van der Waals surface area contributed by atoms with Crippen molar-refractivity contribution in [2.45, 2.75) is 19.1 Å². The van der Waals surface area contributed by atoms with Crippen LogP contribution < -0.4 is 16.4 Å². The second-order valence-electron chi connectivity index (χ2n) is 6.91. The van der Waals surface area contributed by atoms with Crippen molar-refractivity contribution in [2.24, 2.45) is 10.7 Å². The highest BCUT2D eigenvalue weighted by atomic mass is 16.5. The molecule has 0 radical (unpaired) electrons. The SMILES string of the molecule is NC(=O)c1cccc2c(C3N=C4OC=CCC4=C(NCc4ccccc4)N3)nnn12. The first-order valence-electron chi connectivity index (χ1n) is 9.52. The first kappa shape index (κ1) is 17.9. The number of nitrogens with zero attached hydrogens (tertiary/aromatic N) is 4. The number of hydrogen-bond donors (Lipinski definition) is 3. The largest absolute Gasteiger partial charge is 0.447 e. The molecule has 0 aliphatic carbocycles. The van der Waals surface area contributed by atoms with Crippen LogP contribution in [0.15, 0.2) is 77.3 Å². The number of pyridine rings is 1. The molecule has 0 bridgehead atoms. The highest BCUT2D eigenvalue weighted by molar-refractivity contribution is 5.96. The summed E-state index contributed by atoms with van der Waals surface area (Å²) in [5, 5.41) is 15.2. The zero-order valence-corrected chi connectivity index (χ0v) is 15.9. The number of amides is 1. The number of rotatable bonds is 5. The summed E-state index contributed by atoms with van der Waals surface area (Å²) >= 11 is 0. The predicted octanol–water partition coefficient (Wildman–Crippen LogP) is 1.76. The van der Waals surface area contributed by atoms with Crippen molar-refractivity contribution in [1.29, 1.82) is 0 Å². The minimum atomic E-state index is -0.576. The Labute approximate surface area is 171 Å². The first-order valence-corrected chi connectivity index (χ1v) is 9.52. The lowest BCUT2D eigenvalue weighted by molar-refractivity contribution is 0.0993. The van der Waals surface area contributed by atoms with Crippen LogP contribution in [-0.2, 0) is 11.3 Å². The Morgan fingerprint density at radius 2 is 2.10 bits per heavy atom. The molecule has 150 valence electrons. The second-order valence-corrected chi connectivity index (χ2v) is 6.91. The van der Waals surface area contributed by atoms with Crippen molar-refractivity contribution < 1.29 is 9.53 Å². The van der Waals surface area contributed by atoms with Crippen LogP contribution in [0.25, 0.3) is 5.52 Å². The van der Waals surface area contributed by atoms with Crippen molar-refractivity contribution in [1.82, 2.24) is 25.5 Å². The molecule has 0 saturated heterocycles. The summed E-state index contributed by atoms with van der Waals surface area (Å²) in [4.78, 5) is 16.4. The van der Waals surface area contributed by atoms with E-state index in [0.717, 1.165) is 17.0 Å². The van der Waals surface area contributed by atoms with Gasteiger partial charge in [0.25, 0.3) is 5.91 Å². The number of ether oxygens (including phenoxy) is 1. The standard InChI is InChI=1S/C21H19N7O2/c22-18(29)16-10-4-9-15-17(26-27-28(15)16)20-24-19(14-8-5-11-30-21(14)25-20)23-12-13-6-2-1-3-7-13/h1-7,9-11,20,23-24H,8,12H2,(H2,22,29). The van der Waals surface area contributed by atoms with Crippen LogP contribution >= 0.6 is 0 Å². The molecule has 1 aromatic carbocycles. The van der Waals surface area contributed by atoms with Crippen molar-refractivity contribution in [3.05, 3.63) is 89.2 Å². The van der Waals surface area contributed by atoms with Crippen LogP contribution in [0.1, 0.15) is 34.3 Å².